The molecule has 0 aliphatic rings. The van der Waals surface area contributed by atoms with Crippen LogP contribution < -0.4 is 10.0 Å². The van der Waals surface area contributed by atoms with Gasteiger partial charge in [-0.1, -0.05) is 0 Å². The highest BCUT2D eigenvalue weighted by atomic mass is 32.2. The molecule has 2 aromatic rings. The smallest absolute Gasteiger partial charge is 0.242 e. The van der Waals surface area contributed by atoms with Crippen LogP contribution in [0, 0.1) is 13.8 Å². The summed E-state index contributed by atoms with van der Waals surface area (Å²) in [7, 11) is -1.78. The molecule has 0 aliphatic heterocycles. The molecule has 0 spiro atoms. The number of H-pyrrole nitrogens is 1. The molecule has 2 aromatic heterocycles. The Morgan fingerprint density at radius 3 is 2.70 bits per heavy atom. The number of rotatable bonds is 6. The summed E-state index contributed by atoms with van der Waals surface area (Å²) in [5.41, 5.74) is 1.56. The second-order valence-corrected chi connectivity index (χ2v) is 6.23. The summed E-state index contributed by atoms with van der Waals surface area (Å²) >= 11 is 0. The first-order valence-electron chi connectivity index (χ1n) is 6.17. The van der Waals surface area contributed by atoms with E-state index in [1.807, 2.05) is 6.92 Å². The highest BCUT2D eigenvalue weighted by Gasteiger charge is 2.17. The van der Waals surface area contributed by atoms with E-state index in [1.54, 1.807) is 20.0 Å². The largest absolute Gasteiger partial charge is 0.444 e. The number of nitrogens with one attached hydrogen (secondary N) is 3. The minimum absolute atomic E-state index is 0.0313. The Labute approximate surface area is 117 Å². The number of hydrogen-bond donors (Lipinski definition) is 3. The van der Waals surface area contributed by atoms with E-state index in [-0.39, 0.29) is 11.4 Å². The van der Waals surface area contributed by atoms with Gasteiger partial charge >= 0.3 is 0 Å². The number of aromatic amines is 1. The maximum atomic E-state index is 12.1. The van der Waals surface area contributed by atoms with Crippen molar-refractivity contribution in [2.45, 2.75) is 31.8 Å². The Morgan fingerprint density at radius 1 is 1.35 bits per heavy atom. The molecule has 8 heteroatoms. The number of aromatic nitrogens is 2. The van der Waals surface area contributed by atoms with Gasteiger partial charge in [-0.3, -0.25) is 0 Å². The average Bonchev–Trinajstić information content (AvgIpc) is 2.96. The molecule has 0 radical (unpaired) electrons. The number of sulfonamides is 1. The first-order valence-corrected chi connectivity index (χ1v) is 7.65. The van der Waals surface area contributed by atoms with Crippen molar-refractivity contribution in [3.8, 4) is 0 Å². The normalized spacial score (nSPS) is 11.9. The molecule has 0 saturated carbocycles. The zero-order valence-electron chi connectivity index (χ0n) is 11.6. The van der Waals surface area contributed by atoms with Gasteiger partial charge in [-0.25, -0.2) is 18.1 Å². The third-order valence-corrected chi connectivity index (χ3v) is 4.26. The maximum absolute atomic E-state index is 12.1. The first-order chi connectivity index (χ1) is 9.42. The van der Waals surface area contributed by atoms with E-state index in [2.05, 4.69) is 20.0 Å². The fourth-order valence-corrected chi connectivity index (χ4v) is 2.71. The lowest BCUT2D eigenvalue weighted by Gasteiger charge is -2.01. The van der Waals surface area contributed by atoms with Crippen molar-refractivity contribution in [1.82, 2.24) is 20.0 Å². The molecular formula is C12H18N4O3S. The van der Waals surface area contributed by atoms with Crippen molar-refractivity contribution in [3.63, 3.8) is 0 Å². The lowest BCUT2D eigenvalue weighted by Crippen LogP contribution is -2.23. The molecule has 3 N–H and O–H groups in total. The lowest BCUT2D eigenvalue weighted by molar-refractivity contribution is 0.463. The van der Waals surface area contributed by atoms with Gasteiger partial charge in [0.2, 0.25) is 15.9 Å². The second-order valence-electron chi connectivity index (χ2n) is 4.46. The zero-order valence-corrected chi connectivity index (χ0v) is 12.5. The van der Waals surface area contributed by atoms with Gasteiger partial charge in [0.25, 0.3) is 0 Å². The Hall–Kier alpha value is -1.64. The van der Waals surface area contributed by atoms with E-state index in [9.17, 15) is 8.42 Å². The topological polar surface area (TPSA) is 100 Å². The molecule has 0 unspecified atom stereocenters. The third-order valence-electron chi connectivity index (χ3n) is 2.88. The molecule has 0 aliphatic carbocycles. The van der Waals surface area contributed by atoms with Crippen LogP contribution in [-0.2, 0) is 23.1 Å². The molecule has 20 heavy (non-hydrogen) atoms. The lowest BCUT2D eigenvalue weighted by atomic mass is 10.4. The fraction of sp³-hybridized carbons (Fsp3) is 0.417. The molecule has 0 atom stereocenters. The Morgan fingerprint density at radius 2 is 2.10 bits per heavy atom. The predicted octanol–water partition coefficient (Wildman–Crippen LogP) is 0.817. The van der Waals surface area contributed by atoms with Crippen molar-refractivity contribution >= 4 is 10.0 Å². The highest BCUT2D eigenvalue weighted by molar-refractivity contribution is 7.89. The zero-order chi connectivity index (χ0) is 14.8. The monoisotopic (exact) mass is 298 g/mol. The number of aryl methyl sites for hydroxylation is 2. The van der Waals surface area contributed by atoms with Gasteiger partial charge in [0.05, 0.1) is 17.1 Å². The van der Waals surface area contributed by atoms with E-state index >= 15 is 0 Å². The quantitative estimate of drug-likeness (QED) is 0.733. The molecule has 0 fully saturated rings. The van der Waals surface area contributed by atoms with Crippen LogP contribution in [0.15, 0.2) is 21.6 Å². The van der Waals surface area contributed by atoms with E-state index in [4.69, 9.17) is 4.42 Å². The van der Waals surface area contributed by atoms with Crippen LogP contribution in [0.25, 0.3) is 0 Å². The summed E-state index contributed by atoms with van der Waals surface area (Å²) in [6, 6.07) is 1.59. The van der Waals surface area contributed by atoms with Crippen LogP contribution in [0.2, 0.25) is 0 Å². The van der Waals surface area contributed by atoms with Crippen molar-refractivity contribution < 1.29 is 12.8 Å². The van der Waals surface area contributed by atoms with Crippen LogP contribution in [0.4, 0.5) is 0 Å². The van der Waals surface area contributed by atoms with Crippen molar-refractivity contribution in [2.75, 3.05) is 7.05 Å². The Bertz CT molecular complexity index is 668. The van der Waals surface area contributed by atoms with Crippen molar-refractivity contribution in [1.29, 1.82) is 0 Å². The summed E-state index contributed by atoms with van der Waals surface area (Å²) in [4.78, 5) is 7.23. The van der Waals surface area contributed by atoms with Crippen LogP contribution in [-0.4, -0.2) is 25.4 Å². The first kappa shape index (κ1) is 14.8. The highest BCUT2D eigenvalue weighted by Crippen LogP contribution is 2.12. The Balaban J connectivity index is 2.06. The molecule has 0 aromatic carbocycles. The molecule has 7 nitrogen and oxygen atoms in total. The van der Waals surface area contributed by atoms with Crippen molar-refractivity contribution in [2.24, 2.45) is 0 Å². The van der Waals surface area contributed by atoms with Crippen LogP contribution >= 0.6 is 0 Å². The van der Waals surface area contributed by atoms with Gasteiger partial charge in [0.15, 0.2) is 0 Å². The van der Waals surface area contributed by atoms with Gasteiger partial charge in [-0.05, 0) is 27.0 Å². The van der Waals surface area contributed by atoms with E-state index in [0.29, 0.717) is 18.2 Å². The number of hydrogen-bond acceptors (Lipinski definition) is 5. The SMILES string of the molecule is CNCc1cc(S(=O)(=O)NCc2nc(C)c(C)o2)c[nH]1. The van der Waals surface area contributed by atoms with E-state index < -0.39 is 10.0 Å². The van der Waals surface area contributed by atoms with Crippen LogP contribution in [0.5, 0.6) is 0 Å². The molecule has 110 valence electrons. The standard InChI is InChI=1S/C12H18N4O3S/c1-8-9(2)19-12(16-8)7-15-20(17,18)11-4-10(5-13-3)14-6-11/h4,6,13-15H,5,7H2,1-3H3. The minimum atomic E-state index is -3.57. The van der Waals surface area contributed by atoms with Gasteiger partial charge in [-0.15, -0.1) is 0 Å². The Kier molecular flexibility index (Phi) is 4.26. The summed E-state index contributed by atoms with van der Waals surface area (Å²) in [5.74, 6) is 1.05. The summed E-state index contributed by atoms with van der Waals surface area (Å²) < 4.78 is 32.0. The van der Waals surface area contributed by atoms with Crippen LogP contribution in [0.1, 0.15) is 23.0 Å². The predicted molar refractivity (Wildman–Crippen MR) is 73.6 cm³/mol. The average molecular weight is 298 g/mol. The van der Waals surface area contributed by atoms with E-state index in [0.717, 1.165) is 11.4 Å². The second kappa shape index (κ2) is 5.78. The molecular weight excluding hydrogens is 280 g/mol. The van der Waals surface area contributed by atoms with Gasteiger partial charge in [0.1, 0.15) is 5.76 Å². The van der Waals surface area contributed by atoms with Crippen molar-refractivity contribution in [3.05, 3.63) is 35.3 Å². The van der Waals surface area contributed by atoms with Gasteiger partial charge in [0, 0.05) is 18.4 Å². The number of nitrogens with zero attached hydrogens (tertiary/aromatic N) is 1. The molecule has 0 saturated heterocycles. The van der Waals surface area contributed by atoms with Gasteiger partial charge < -0.3 is 14.7 Å². The van der Waals surface area contributed by atoms with Crippen LogP contribution in [0.3, 0.4) is 0 Å². The van der Waals surface area contributed by atoms with Gasteiger partial charge in [-0.2, -0.15) is 0 Å². The summed E-state index contributed by atoms with van der Waals surface area (Å²) in [6.07, 6.45) is 1.46. The maximum Gasteiger partial charge on any atom is 0.242 e. The molecule has 0 bridgehead atoms. The summed E-state index contributed by atoms with van der Waals surface area (Å²) in [5, 5.41) is 2.94. The third kappa shape index (κ3) is 3.27. The van der Waals surface area contributed by atoms with E-state index in [1.165, 1.54) is 6.20 Å². The summed E-state index contributed by atoms with van der Waals surface area (Å²) in [6.45, 7) is 4.21. The fourth-order valence-electron chi connectivity index (χ4n) is 1.72. The minimum Gasteiger partial charge on any atom is -0.444 e. The number of oxazole rings is 1. The molecule has 0 amide bonds. The molecule has 2 rings (SSSR count). The molecule has 2 heterocycles.